The molecule has 0 aliphatic carbocycles. The van der Waals surface area contributed by atoms with Gasteiger partial charge in [-0.15, -0.1) is 0 Å². The molecule has 1 aromatic rings. The number of hydrogen-bond donors (Lipinski definition) is 1. The lowest BCUT2D eigenvalue weighted by Crippen LogP contribution is -2.12. The number of anilines is 1. The van der Waals surface area contributed by atoms with E-state index < -0.39 is 0 Å². The van der Waals surface area contributed by atoms with E-state index in [1.54, 1.807) is 0 Å². The van der Waals surface area contributed by atoms with Gasteiger partial charge in [0.2, 0.25) is 5.91 Å². The summed E-state index contributed by atoms with van der Waals surface area (Å²) < 4.78 is 5.58. The SMILES string of the molecule is CCC(=O)Nc1ccccc1OC(C)C. The molecule has 3 nitrogen and oxygen atoms in total. The molecule has 0 aliphatic heterocycles. The van der Waals surface area contributed by atoms with Gasteiger partial charge in [0.1, 0.15) is 5.75 Å². The first-order valence-electron chi connectivity index (χ1n) is 5.19. The van der Waals surface area contributed by atoms with E-state index in [1.165, 1.54) is 0 Å². The van der Waals surface area contributed by atoms with E-state index in [-0.39, 0.29) is 12.0 Å². The van der Waals surface area contributed by atoms with E-state index in [0.29, 0.717) is 12.2 Å². The Bertz CT molecular complexity index is 334. The van der Waals surface area contributed by atoms with Crippen molar-refractivity contribution in [2.45, 2.75) is 33.3 Å². The van der Waals surface area contributed by atoms with Crippen LogP contribution in [0.2, 0.25) is 0 Å². The summed E-state index contributed by atoms with van der Waals surface area (Å²) in [6.07, 6.45) is 0.570. The molecule has 0 bridgehead atoms. The highest BCUT2D eigenvalue weighted by Crippen LogP contribution is 2.24. The first kappa shape index (κ1) is 11.6. The molecule has 1 rings (SSSR count). The molecule has 0 saturated carbocycles. The van der Waals surface area contributed by atoms with Gasteiger partial charge >= 0.3 is 0 Å². The summed E-state index contributed by atoms with van der Waals surface area (Å²) in [7, 11) is 0. The minimum Gasteiger partial charge on any atom is -0.489 e. The van der Waals surface area contributed by atoms with Gasteiger partial charge in [-0.25, -0.2) is 0 Å². The van der Waals surface area contributed by atoms with Crippen molar-refractivity contribution < 1.29 is 9.53 Å². The van der Waals surface area contributed by atoms with Crippen LogP contribution in [0.15, 0.2) is 24.3 Å². The second-order valence-corrected chi connectivity index (χ2v) is 3.56. The monoisotopic (exact) mass is 207 g/mol. The lowest BCUT2D eigenvalue weighted by molar-refractivity contribution is -0.115. The van der Waals surface area contributed by atoms with Crippen LogP contribution in [0.4, 0.5) is 5.69 Å². The first-order chi connectivity index (χ1) is 7.13. The predicted octanol–water partition coefficient (Wildman–Crippen LogP) is 2.82. The number of para-hydroxylation sites is 2. The second kappa shape index (κ2) is 5.39. The van der Waals surface area contributed by atoms with Gasteiger partial charge in [-0.2, -0.15) is 0 Å². The summed E-state index contributed by atoms with van der Waals surface area (Å²) in [6, 6.07) is 7.45. The third-order valence-corrected chi connectivity index (χ3v) is 1.84. The smallest absolute Gasteiger partial charge is 0.224 e. The topological polar surface area (TPSA) is 38.3 Å². The molecule has 0 radical (unpaired) electrons. The molecule has 1 amide bonds. The quantitative estimate of drug-likeness (QED) is 0.824. The van der Waals surface area contributed by atoms with Crippen molar-refractivity contribution in [3.8, 4) is 5.75 Å². The Labute approximate surface area is 90.4 Å². The zero-order valence-corrected chi connectivity index (χ0v) is 9.41. The molecule has 1 aromatic carbocycles. The van der Waals surface area contributed by atoms with E-state index in [9.17, 15) is 4.79 Å². The van der Waals surface area contributed by atoms with Gasteiger partial charge < -0.3 is 10.1 Å². The minimum absolute atomic E-state index is 0.00481. The maximum Gasteiger partial charge on any atom is 0.224 e. The number of carbonyl (C=O) groups is 1. The molecule has 0 aromatic heterocycles. The maximum atomic E-state index is 11.3. The number of ether oxygens (including phenoxy) is 1. The number of hydrogen-bond acceptors (Lipinski definition) is 2. The van der Waals surface area contributed by atoms with E-state index in [2.05, 4.69) is 5.32 Å². The van der Waals surface area contributed by atoms with Gasteiger partial charge in [0.05, 0.1) is 11.8 Å². The zero-order valence-electron chi connectivity index (χ0n) is 9.41. The molecule has 0 saturated heterocycles. The van der Waals surface area contributed by atoms with E-state index in [0.717, 1.165) is 5.69 Å². The summed E-state index contributed by atoms with van der Waals surface area (Å²) in [4.78, 5) is 11.3. The van der Waals surface area contributed by atoms with Crippen LogP contribution in [0.25, 0.3) is 0 Å². The third-order valence-electron chi connectivity index (χ3n) is 1.84. The van der Waals surface area contributed by atoms with Crippen molar-refractivity contribution >= 4 is 11.6 Å². The third kappa shape index (κ3) is 3.62. The summed E-state index contributed by atoms with van der Waals surface area (Å²) in [5.74, 6) is 0.712. The van der Waals surface area contributed by atoms with Crippen LogP contribution >= 0.6 is 0 Å². The minimum atomic E-state index is -0.00481. The van der Waals surface area contributed by atoms with Gasteiger partial charge in [0.25, 0.3) is 0 Å². The molecule has 1 N–H and O–H groups in total. The molecular formula is C12H17NO2. The zero-order chi connectivity index (χ0) is 11.3. The Morgan fingerprint density at radius 2 is 2.07 bits per heavy atom. The average Bonchev–Trinajstić information content (AvgIpc) is 2.20. The number of amides is 1. The van der Waals surface area contributed by atoms with Gasteiger partial charge in [0.15, 0.2) is 0 Å². The fourth-order valence-electron chi connectivity index (χ4n) is 1.17. The highest BCUT2D eigenvalue weighted by molar-refractivity contribution is 5.91. The lowest BCUT2D eigenvalue weighted by atomic mass is 10.2. The van der Waals surface area contributed by atoms with Gasteiger partial charge in [-0.1, -0.05) is 19.1 Å². The van der Waals surface area contributed by atoms with Gasteiger partial charge in [0, 0.05) is 6.42 Å². The summed E-state index contributed by atoms with van der Waals surface area (Å²) in [6.45, 7) is 5.73. The molecular weight excluding hydrogens is 190 g/mol. The summed E-state index contributed by atoms with van der Waals surface area (Å²) >= 11 is 0. The Morgan fingerprint density at radius 3 is 2.67 bits per heavy atom. The Morgan fingerprint density at radius 1 is 1.40 bits per heavy atom. The normalized spacial score (nSPS) is 10.1. The van der Waals surface area contributed by atoms with Crippen LogP contribution in [-0.4, -0.2) is 12.0 Å². The second-order valence-electron chi connectivity index (χ2n) is 3.56. The van der Waals surface area contributed by atoms with Crippen molar-refractivity contribution in [1.29, 1.82) is 0 Å². The number of carbonyl (C=O) groups excluding carboxylic acids is 1. The number of rotatable bonds is 4. The average molecular weight is 207 g/mol. The van der Waals surface area contributed by atoms with Crippen LogP contribution in [-0.2, 0) is 4.79 Å². The van der Waals surface area contributed by atoms with E-state index in [1.807, 2.05) is 45.0 Å². The van der Waals surface area contributed by atoms with Crippen molar-refractivity contribution in [1.82, 2.24) is 0 Å². The Balaban J connectivity index is 2.81. The fraction of sp³-hybridized carbons (Fsp3) is 0.417. The van der Waals surface area contributed by atoms with E-state index in [4.69, 9.17) is 4.74 Å². The molecule has 0 spiro atoms. The molecule has 3 heteroatoms. The van der Waals surface area contributed by atoms with Crippen LogP contribution in [0, 0.1) is 0 Å². The van der Waals surface area contributed by atoms with Gasteiger partial charge in [-0.3, -0.25) is 4.79 Å². The maximum absolute atomic E-state index is 11.3. The lowest BCUT2D eigenvalue weighted by Gasteiger charge is -2.14. The largest absolute Gasteiger partial charge is 0.489 e. The van der Waals surface area contributed by atoms with Crippen molar-refractivity contribution in [3.63, 3.8) is 0 Å². The van der Waals surface area contributed by atoms with Crippen molar-refractivity contribution in [3.05, 3.63) is 24.3 Å². The van der Waals surface area contributed by atoms with Crippen LogP contribution in [0.1, 0.15) is 27.2 Å². The summed E-state index contributed by atoms with van der Waals surface area (Å²) in [5, 5.41) is 2.80. The van der Waals surface area contributed by atoms with Crippen LogP contribution in [0.5, 0.6) is 5.75 Å². The molecule has 0 aliphatic rings. The number of nitrogens with one attached hydrogen (secondary N) is 1. The first-order valence-corrected chi connectivity index (χ1v) is 5.19. The van der Waals surface area contributed by atoms with Crippen LogP contribution in [0.3, 0.4) is 0 Å². The molecule has 0 unspecified atom stereocenters. The molecule has 0 atom stereocenters. The highest BCUT2D eigenvalue weighted by atomic mass is 16.5. The van der Waals surface area contributed by atoms with Crippen molar-refractivity contribution in [2.75, 3.05) is 5.32 Å². The van der Waals surface area contributed by atoms with Crippen molar-refractivity contribution in [2.24, 2.45) is 0 Å². The molecule has 82 valence electrons. The van der Waals surface area contributed by atoms with Gasteiger partial charge in [-0.05, 0) is 26.0 Å². The standard InChI is InChI=1S/C12H17NO2/c1-4-12(14)13-10-7-5-6-8-11(10)15-9(2)3/h5-9H,4H2,1-3H3,(H,13,14). The van der Waals surface area contributed by atoms with E-state index >= 15 is 0 Å². The predicted molar refractivity (Wildman–Crippen MR) is 61.1 cm³/mol. The Kier molecular flexibility index (Phi) is 4.16. The fourth-order valence-corrected chi connectivity index (χ4v) is 1.17. The number of benzene rings is 1. The summed E-state index contributed by atoms with van der Waals surface area (Å²) in [5.41, 5.74) is 0.734. The molecule has 0 heterocycles. The highest BCUT2D eigenvalue weighted by Gasteiger charge is 2.06. The molecule has 0 fully saturated rings. The molecule has 15 heavy (non-hydrogen) atoms. The Hall–Kier alpha value is -1.51. The van der Waals surface area contributed by atoms with Crippen LogP contribution < -0.4 is 10.1 Å².